The van der Waals surface area contributed by atoms with E-state index >= 15 is 0 Å². The first-order valence-corrected chi connectivity index (χ1v) is 6.82. The molecule has 1 aromatic carbocycles. The number of hydrogen-bond donors (Lipinski definition) is 2. The van der Waals surface area contributed by atoms with E-state index in [4.69, 9.17) is 0 Å². The Morgan fingerprint density at radius 1 is 1.61 bits per heavy atom. The van der Waals surface area contributed by atoms with Crippen LogP contribution in [0.25, 0.3) is 0 Å². The molecule has 1 aliphatic rings. The highest BCUT2D eigenvalue weighted by Gasteiger charge is 2.29. The van der Waals surface area contributed by atoms with Gasteiger partial charge in [0.15, 0.2) is 6.10 Å². The van der Waals surface area contributed by atoms with Gasteiger partial charge < -0.3 is 15.2 Å². The van der Waals surface area contributed by atoms with Crippen LogP contribution in [-0.2, 0) is 14.3 Å². The van der Waals surface area contributed by atoms with Gasteiger partial charge in [-0.05, 0) is 28.1 Å². The lowest BCUT2D eigenvalue weighted by atomic mass is 10.1. The van der Waals surface area contributed by atoms with Crippen molar-refractivity contribution < 1.29 is 19.4 Å². The van der Waals surface area contributed by atoms with Gasteiger partial charge in [0.25, 0.3) is 5.91 Å². The summed E-state index contributed by atoms with van der Waals surface area (Å²) in [7, 11) is 1.33. The number of methoxy groups -OCH3 is 1. The number of carbonyl (C=O) groups is 2. The van der Waals surface area contributed by atoms with Gasteiger partial charge in [-0.3, -0.25) is 9.59 Å². The van der Waals surface area contributed by atoms with Crippen LogP contribution in [0.4, 0.5) is 5.69 Å². The topological polar surface area (TPSA) is 75.6 Å². The molecule has 0 saturated heterocycles. The van der Waals surface area contributed by atoms with Crippen molar-refractivity contribution in [3.8, 4) is 0 Å². The molecule has 0 bridgehead atoms. The predicted molar refractivity (Wildman–Crippen MR) is 70.5 cm³/mol. The number of hydrogen-bond acceptors (Lipinski definition) is 5. The van der Waals surface area contributed by atoms with E-state index in [2.05, 4.69) is 26.0 Å². The van der Waals surface area contributed by atoms with Gasteiger partial charge in [0.05, 0.1) is 12.9 Å². The van der Waals surface area contributed by atoms with Gasteiger partial charge in [0.2, 0.25) is 0 Å². The average molecular weight is 332 g/mol. The SMILES string of the molecule is COC(=O)CSc1cc2c(cc1Br)C(O)C(=O)N2. The minimum absolute atomic E-state index is 0.185. The number of halogens is 1. The molecule has 1 amide bonds. The summed E-state index contributed by atoms with van der Waals surface area (Å²) in [5.74, 6) is -0.576. The molecule has 0 aliphatic carbocycles. The molecule has 0 saturated carbocycles. The molecular weight excluding hydrogens is 322 g/mol. The van der Waals surface area contributed by atoms with Gasteiger partial charge in [-0.15, -0.1) is 11.8 Å². The summed E-state index contributed by atoms with van der Waals surface area (Å²) in [4.78, 5) is 23.2. The van der Waals surface area contributed by atoms with Crippen molar-refractivity contribution >= 4 is 45.3 Å². The first-order valence-electron chi connectivity index (χ1n) is 5.05. The minimum Gasteiger partial charge on any atom is -0.468 e. The Hall–Kier alpha value is -1.05. The molecule has 0 fully saturated rings. The summed E-state index contributed by atoms with van der Waals surface area (Å²) in [6.45, 7) is 0. The molecule has 1 aromatic rings. The Morgan fingerprint density at radius 3 is 3.00 bits per heavy atom. The zero-order valence-electron chi connectivity index (χ0n) is 9.40. The van der Waals surface area contributed by atoms with Gasteiger partial charge >= 0.3 is 5.97 Å². The molecule has 18 heavy (non-hydrogen) atoms. The van der Waals surface area contributed by atoms with E-state index in [0.717, 1.165) is 9.37 Å². The van der Waals surface area contributed by atoms with Gasteiger partial charge in [0, 0.05) is 20.6 Å². The fourth-order valence-corrected chi connectivity index (χ4v) is 3.05. The molecule has 0 radical (unpaired) electrons. The second-order valence-corrected chi connectivity index (χ2v) is 5.50. The summed E-state index contributed by atoms with van der Waals surface area (Å²) < 4.78 is 5.28. The molecule has 2 rings (SSSR count). The van der Waals surface area contributed by atoms with Crippen LogP contribution >= 0.6 is 27.7 Å². The zero-order valence-corrected chi connectivity index (χ0v) is 11.8. The summed E-state index contributed by atoms with van der Waals surface area (Å²) in [6.07, 6.45) is -1.13. The Morgan fingerprint density at radius 2 is 2.33 bits per heavy atom. The molecule has 2 N–H and O–H groups in total. The van der Waals surface area contributed by atoms with Gasteiger partial charge in [-0.2, -0.15) is 0 Å². The van der Waals surface area contributed by atoms with Gasteiger partial charge in [-0.1, -0.05) is 0 Å². The maximum absolute atomic E-state index is 11.3. The summed E-state index contributed by atoms with van der Waals surface area (Å²) in [5.41, 5.74) is 1.11. The zero-order chi connectivity index (χ0) is 13.3. The summed E-state index contributed by atoms with van der Waals surface area (Å²) >= 11 is 4.64. The second-order valence-electron chi connectivity index (χ2n) is 3.63. The number of anilines is 1. The van der Waals surface area contributed by atoms with Crippen LogP contribution in [0.2, 0.25) is 0 Å². The van der Waals surface area contributed by atoms with E-state index in [0.29, 0.717) is 11.3 Å². The molecule has 1 aliphatic heterocycles. The van der Waals surface area contributed by atoms with Crippen LogP contribution < -0.4 is 5.32 Å². The van der Waals surface area contributed by atoms with Crippen molar-refractivity contribution in [1.82, 2.24) is 0 Å². The lowest BCUT2D eigenvalue weighted by molar-refractivity contribution is -0.137. The largest absolute Gasteiger partial charge is 0.468 e. The van der Waals surface area contributed by atoms with E-state index in [-0.39, 0.29) is 11.7 Å². The highest BCUT2D eigenvalue weighted by molar-refractivity contribution is 9.10. The smallest absolute Gasteiger partial charge is 0.315 e. The summed E-state index contributed by atoms with van der Waals surface area (Å²) in [6, 6.07) is 3.40. The van der Waals surface area contributed by atoms with Crippen LogP contribution in [0.1, 0.15) is 11.7 Å². The Kier molecular flexibility index (Phi) is 3.94. The maximum Gasteiger partial charge on any atom is 0.315 e. The lowest BCUT2D eigenvalue weighted by Gasteiger charge is -2.07. The standard InChI is InChI=1S/C11H10BrNO4S/c1-17-9(14)4-18-8-3-7-5(2-6(8)12)10(15)11(16)13-7/h2-3,10,15H,4H2,1H3,(H,13,16). The van der Waals surface area contributed by atoms with Crippen LogP contribution in [0.3, 0.4) is 0 Å². The fourth-order valence-electron chi connectivity index (χ4n) is 1.55. The van der Waals surface area contributed by atoms with Crippen LogP contribution in [0.15, 0.2) is 21.5 Å². The minimum atomic E-state index is -1.13. The predicted octanol–water partition coefficient (Wildman–Crippen LogP) is 1.70. The first-order chi connectivity index (χ1) is 8.52. The second kappa shape index (κ2) is 5.29. The average Bonchev–Trinajstić information content (AvgIpc) is 2.62. The van der Waals surface area contributed by atoms with Crippen molar-refractivity contribution in [2.24, 2.45) is 0 Å². The number of aliphatic hydroxyl groups is 1. The number of fused-ring (bicyclic) bond motifs is 1. The van der Waals surface area contributed by atoms with Gasteiger partial charge in [-0.25, -0.2) is 0 Å². The molecule has 1 heterocycles. The molecule has 0 aromatic heterocycles. The molecule has 1 atom stereocenters. The van der Waals surface area contributed by atoms with E-state index in [1.807, 2.05) is 0 Å². The third-order valence-electron chi connectivity index (χ3n) is 2.48. The van der Waals surface area contributed by atoms with Crippen molar-refractivity contribution in [1.29, 1.82) is 0 Å². The third-order valence-corrected chi connectivity index (χ3v) is 4.43. The monoisotopic (exact) mass is 331 g/mol. The number of benzene rings is 1. The number of nitrogens with one attached hydrogen (secondary N) is 1. The summed E-state index contributed by atoms with van der Waals surface area (Å²) in [5, 5.41) is 12.2. The van der Waals surface area contributed by atoms with Gasteiger partial charge in [0.1, 0.15) is 0 Å². The highest BCUT2D eigenvalue weighted by atomic mass is 79.9. The normalized spacial score (nSPS) is 17.3. The number of aliphatic hydroxyl groups excluding tert-OH is 1. The number of carbonyl (C=O) groups excluding carboxylic acids is 2. The molecule has 1 unspecified atom stereocenters. The number of ether oxygens (including phenoxy) is 1. The number of amides is 1. The first kappa shape index (κ1) is 13.4. The molecule has 96 valence electrons. The quantitative estimate of drug-likeness (QED) is 0.651. The van der Waals surface area contributed by atoms with E-state index in [1.54, 1.807) is 12.1 Å². The van der Waals surface area contributed by atoms with Crippen molar-refractivity contribution in [2.45, 2.75) is 11.0 Å². The molecule has 0 spiro atoms. The van der Waals surface area contributed by atoms with Crippen molar-refractivity contribution in [2.75, 3.05) is 18.2 Å². The fraction of sp³-hybridized carbons (Fsp3) is 0.273. The van der Waals surface area contributed by atoms with Crippen LogP contribution in [0, 0.1) is 0 Å². The molecule has 7 heteroatoms. The number of rotatable bonds is 3. The van der Waals surface area contributed by atoms with Crippen molar-refractivity contribution in [3.63, 3.8) is 0 Å². The maximum atomic E-state index is 11.3. The van der Waals surface area contributed by atoms with E-state index < -0.39 is 12.0 Å². The highest BCUT2D eigenvalue weighted by Crippen LogP contribution is 2.38. The van der Waals surface area contributed by atoms with E-state index in [9.17, 15) is 14.7 Å². The van der Waals surface area contributed by atoms with Crippen molar-refractivity contribution in [3.05, 3.63) is 22.2 Å². The Bertz CT molecular complexity index is 520. The molecule has 5 nitrogen and oxygen atoms in total. The van der Waals surface area contributed by atoms with E-state index in [1.165, 1.54) is 18.9 Å². The third kappa shape index (κ3) is 2.52. The Balaban J connectivity index is 2.22. The molecular formula is C11H10BrNO4S. The lowest BCUT2D eigenvalue weighted by Crippen LogP contribution is -2.10. The number of esters is 1. The number of thioether (sulfide) groups is 1. The van der Waals surface area contributed by atoms with Crippen LogP contribution in [0.5, 0.6) is 0 Å². The Labute approximate surface area is 116 Å². The van der Waals surface area contributed by atoms with Crippen LogP contribution in [-0.4, -0.2) is 29.8 Å².